The molecule has 1 amide bonds. The summed E-state index contributed by atoms with van der Waals surface area (Å²) in [7, 11) is 0. The van der Waals surface area contributed by atoms with Gasteiger partial charge < -0.3 is 5.32 Å². The van der Waals surface area contributed by atoms with Crippen molar-refractivity contribution in [3.05, 3.63) is 77.1 Å². The first-order chi connectivity index (χ1) is 13.7. The molecule has 0 bridgehead atoms. The van der Waals surface area contributed by atoms with Gasteiger partial charge in [0.1, 0.15) is 12.4 Å². The summed E-state index contributed by atoms with van der Waals surface area (Å²) in [5.41, 5.74) is 5.08. The first-order valence-corrected chi connectivity index (χ1v) is 9.89. The van der Waals surface area contributed by atoms with E-state index in [0.717, 1.165) is 24.0 Å². The molecule has 0 saturated heterocycles. The molecule has 1 N–H and O–H groups in total. The predicted octanol–water partition coefficient (Wildman–Crippen LogP) is 3.21. The van der Waals surface area contributed by atoms with E-state index in [-0.39, 0.29) is 11.9 Å². The second-order valence-corrected chi connectivity index (χ2v) is 7.46. The van der Waals surface area contributed by atoms with E-state index < -0.39 is 6.04 Å². The third-order valence-corrected chi connectivity index (χ3v) is 5.49. The van der Waals surface area contributed by atoms with Crippen molar-refractivity contribution >= 4 is 5.91 Å². The Balaban J connectivity index is 1.50. The molecule has 3 aromatic rings. The van der Waals surface area contributed by atoms with Crippen molar-refractivity contribution in [2.45, 2.75) is 51.1 Å². The number of nitrogens with zero attached hydrogens (tertiary/aromatic N) is 4. The van der Waals surface area contributed by atoms with E-state index in [2.05, 4.69) is 39.0 Å². The Labute approximate surface area is 165 Å². The van der Waals surface area contributed by atoms with Crippen LogP contribution in [0.15, 0.2) is 54.9 Å². The third-order valence-electron chi connectivity index (χ3n) is 5.49. The van der Waals surface area contributed by atoms with Gasteiger partial charge >= 0.3 is 0 Å². The standard InChI is InChI=1S/C22H25N5O/c1-16(19-12-11-18-9-5-6-10-20(18)14-19)24-22(28)21(27-15-23-25-26-27)13-17-7-3-2-4-8-17/h2-4,7-8,11-12,14-16,21H,5-6,9-10,13H2,1H3,(H,24,28). The zero-order chi connectivity index (χ0) is 19.3. The second-order valence-electron chi connectivity index (χ2n) is 7.46. The number of amides is 1. The Bertz CT molecular complexity index is 923. The van der Waals surface area contributed by atoms with Gasteiger partial charge in [0.2, 0.25) is 5.91 Å². The molecule has 144 valence electrons. The maximum Gasteiger partial charge on any atom is 0.245 e. The molecular weight excluding hydrogens is 350 g/mol. The zero-order valence-electron chi connectivity index (χ0n) is 16.1. The van der Waals surface area contributed by atoms with Crippen LogP contribution in [0.25, 0.3) is 0 Å². The van der Waals surface area contributed by atoms with E-state index >= 15 is 0 Å². The average Bonchev–Trinajstić information content (AvgIpc) is 3.26. The topological polar surface area (TPSA) is 72.7 Å². The van der Waals surface area contributed by atoms with Crippen LogP contribution < -0.4 is 5.32 Å². The lowest BCUT2D eigenvalue weighted by Gasteiger charge is -2.22. The zero-order valence-corrected chi connectivity index (χ0v) is 16.1. The summed E-state index contributed by atoms with van der Waals surface area (Å²) in [5, 5.41) is 14.5. The molecule has 1 heterocycles. The Kier molecular flexibility index (Phi) is 5.46. The van der Waals surface area contributed by atoms with Crippen molar-refractivity contribution in [2.24, 2.45) is 0 Å². The number of hydrogen-bond donors (Lipinski definition) is 1. The number of fused-ring (bicyclic) bond motifs is 1. The molecular formula is C22H25N5O. The molecule has 0 spiro atoms. The van der Waals surface area contributed by atoms with E-state index in [0.29, 0.717) is 6.42 Å². The summed E-state index contributed by atoms with van der Waals surface area (Å²) >= 11 is 0. The lowest BCUT2D eigenvalue weighted by atomic mass is 9.89. The monoisotopic (exact) mass is 375 g/mol. The fourth-order valence-corrected chi connectivity index (χ4v) is 3.87. The van der Waals surface area contributed by atoms with Crippen molar-refractivity contribution in [1.29, 1.82) is 0 Å². The van der Waals surface area contributed by atoms with Crippen LogP contribution in [0.2, 0.25) is 0 Å². The summed E-state index contributed by atoms with van der Waals surface area (Å²) in [6, 6.07) is 16.0. The molecule has 2 aromatic carbocycles. The van der Waals surface area contributed by atoms with Gasteiger partial charge in [-0.2, -0.15) is 0 Å². The summed E-state index contributed by atoms with van der Waals surface area (Å²) in [6.45, 7) is 2.03. The smallest absolute Gasteiger partial charge is 0.245 e. The molecule has 0 aliphatic heterocycles. The summed E-state index contributed by atoms with van der Waals surface area (Å²) < 4.78 is 1.53. The van der Waals surface area contributed by atoms with Crippen LogP contribution in [0.1, 0.15) is 54.1 Å². The van der Waals surface area contributed by atoms with Gasteiger partial charge in [-0.25, -0.2) is 4.68 Å². The molecule has 0 fully saturated rings. The van der Waals surface area contributed by atoms with Gasteiger partial charge in [0.25, 0.3) is 0 Å². The number of carbonyl (C=O) groups is 1. The Morgan fingerprint density at radius 2 is 1.89 bits per heavy atom. The van der Waals surface area contributed by atoms with Crippen LogP contribution in [0, 0.1) is 0 Å². The fraction of sp³-hybridized carbons (Fsp3) is 0.364. The molecule has 2 unspecified atom stereocenters. The first kappa shape index (κ1) is 18.3. The second kappa shape index (κ2) is 8.33. The number of tetrazole rings is 1. The normalized spacial score (nSPS) is 15.5. The van der Waals surface area contributed by atoms with Gasteiger partial charge in [0.15, 0.2) is 0 Å². The lowest BCUT2D eigenvalue weighted by Crippen LogP contribution is -2.36. The van der Waals surface area contributed by atoms with Crippen LogP contribution in [0.5, 0.6) is 0 Å². The van der Waals surface area contributed by atoms with Crippen molar-refractivity contribution in [3.8, 4) is 0 Å². The van der Waals surface area contributed by atoms with Crippen molar-refractivity contribution < 1.29 is 4.79 Å². The van der Waals surface area contributed by atoms with Crippen LogP contribution in [0.3, 0.4) is 0 Å². The largest absolute Gasteiger partial charge is 0.348 e. The number of aromatic nitrogens is 4. The molecule has 0 radical (unpaired) electrons. The fourth-order valence-electron chi connectivity index (χ4n) is 3.87. The number of aryl methyl sites for hydroxylation is 2. The highest BCUT2D eigenvalue weighted by Crippen LogP contribution is 2.25. The van der Waals surface area contributed by atoms with E-state index in [1.165, 1.54) is 35.0 Å². The molecule has 2 atom stereocenters. The minimum Gasteiger partial charge on any atom is -0.348 e. The molecule has 6 heteroatoms. The average molecular weight is 375 g/mol. The van der Waals surface area contributed by atoms with Crippen LogP contribution >= 0.6 is 0 Å². The van der Waals surface area contributed by atoms with Gasteiger partial charge in [0.05, 0.1) is 6.04 Å². The van der Waals surface area contributed by atoms with Crippen molar-refractivity contribution in [3.63, 3.8) is 0 Å². The molecule has 4 rings (SSSR count). The predicted molar refractivity (Wildman–Crippen MR) is 107 cm³/mol. The molecule has 0 saturated carbocycles. The SMILES string of the molecule is CC(NC(=O)C(Cc1ccccc1)n1cnnn1)c1ccc2c(c1)CCCC2. The van der Waals surface area contributed by atoms with Gasteiger partial charge in [-0.1, -0.05) is 48.5 Å². The molecule has 1 aromatic heterocycles. The van der Waals surface area contributed by atoms with E-state index in [9.17, 15) is 4.79 Å². The van der Waals surface area contributed by atoms with E-state index in [1.54, 1.807) is 0 Å². The number of carbonyl (C=O) groups excluding carboxylic acids is 1. The van der Waals surface area contributed by atoms with Crippen molar-refractivity contribution in [2.75, 3.05) is 0 Å². The summed E-state index contributed by atoms with van der Waals surface area (Å²) in [4.78, 5) is 13.1. The molecule has 1 aliphatic rings. The third kappa shape index (κ3) is 4.11. The van der Waals surface area contributed by atoms with Crippen molar-refractivity contribution in [1.82, 2.24) is 25.5 Å². The van der Waals surface area contributed by atoms with Gasteiger partial charge in [0, 0.05) is 6.42 Å². The lowest BCUT2D eigenvalue weighted by molar-refractivity contribution is -0.125. The molecule has 28 heavy (non-hydrogen) atoms. The van der Waals surface area contributed by atoms with Gasteiger partial charge in [-0.3, -0.25) is 4.79 Å². The highest BCUT2D eigenvalue weighted by atomic mass is 16.2. The maximum absolute atomic E-state index is 13.1. The van der Waals surface area contributed by atoms with Gasteiger partial charge in [-0.15, -0.1) is 5.10 Å². The Morgan fingerprint density at radius 3 is 2.64 bits per heavy atom. The van der Waals surface area contributed by atoms with E-state index in [1.807, 2.05) is 37.3 Å². The van der Waals surface area contributed by atoms with Crippen LogP contribution in [-0.2, 0) is 24.1 Å². The molecule has 1 aliphatic carbocycles. The number of nitrogens with one attached hydrogen (secondary N) is 1. The maximum atomic E-state index is 13.1. The quantitative estimate of drug-likeness (QED) is 0.718. The summed E-state index contributed by atoms with van der Waals surface area (Å²) in [6.07, 6.45) is 6.84. The highest BCUT2D eigenvalue weighted by Gasteiger charge is 2.24. The first-order valence-electron chi connectivity index (χ1n) is 9.89. The Morgan fingerprint density at radius 1 is 1.11 bits per heavy atom. The minimum atomic E-state index is -0.488. The highest BCUT2D eigenvalue weighted by molar-refractivity contribution is 5.81. The molecule has 6 nitrogen and oxygen atoms in total. The van der Waals surface area contributed by atoms with Crippen LogP contribution in [0.4, 0.5) is 0 Å². The summed E-state index contributed by atoms with van der Waals surface area (Å²) in [5.74, 6) is -0.0821. The number of hydrogen-bond acceptors (Lipinski definition) is 4. The Hall–Kier alpha value is -3.02. The van der Waals surface area contributed by atoms with Crippen LogP contribution in [-0.4, -0.2) is 26.1 Å². The van der Waals surface area contributed by atoms with Gasteiger partial charge in [-0.05, 0) is 65.3 Å². The number of rotatable bonds is 6. The number of benzene rings is 2. The van der Waals surface area contributed by atoms with E-state index in [4.69, 9.17) is 0 Å². The minimum absolute atomic E-state index is 0.0746.